The molecule has 2 heterocycles. The van der Waals surface area contributed by atoms with Crippen LogP contribution in [0.5, 0.6) is 11.5 Å². The number of carboxylic acids is 1. The van der Waals surface area contributed by atoms with Crippen LogP contribution in [0.2, 0.25) is 5.02 Å². The van der Waals surface area contributed by atoms with E-state index in [4.69, 9.17) is 25.8 Å². The number of rotatable bonds is 11. The molecule has 45 heavy (non-hydrogen) atoms. The number of carbonyl (C=O) groups excluding carboxylic acids is 3. The quantitative estimate of drug-likeness (QED) is 0.317. The minimum absolute atomic E-state index is 0.00614. The molecule has 244 valence electrons. The third-order valence-corrected chi connectivity index (χ3v) is 8.94. The summed E-state index contributed by atoms with van der Waals surface area (Å²) in [7, 11) is 3.14. The fraction of sp³-hybridized carbons (Fsp3) is 0.529. The van der Waals surface area contributed by atoms with E-state index in [1.165, 1.54) is 6.92 Å². The van der Waals surface area contributed by atoms with Crippen LogP contribution in [0.3, 0.4) is 0 Å². The van der Waals surface area contributed by atoms with Crippen LogP contribution in [0.15, 0.2) is 36.4 Å². The predicted molar refractivity (Wildman–Crippen MR) is 170 cm³/mol. The number of methoxy groups -OCH3 is 2. The highest BCUT2D eigenvalue weighted by molar-refractivity contribution is 6.30. The molecule has 2 aliphatic heterocycles. The van der Waals surface area contributed by atoms with Gasteiger partial charge in [-0.3, -0.25) is 19.2 Å². The number of para-hydroxylation sites is 1. The Balaban J connectivity index is 1.75. The topological polar surface area (TPSA) is 123 Å². The normalized spacial score (nSPS) is 19.0. The number of anilines is 1. The Morgan fingerprint density at radius 3 is 2.36 bits per heavy atom. The average Bonchev–Trinajstić information content (AvgIpc) is 3.09. The molecule has 0 saturated carbocycles. The molecule has 0 aliphatic carbocycles. The summed E-state index contributed by atoms with van der Waals surface area (Å²) in [5.74, 6) is -1.51. The second-order valence-electron chi connectivity index (χ2n) is 12.8. The first kappa shape index (κ1) is 34.1. The van der Waals surface area contributed by atoms with E-state index in [-0.39, 0.29) is 49.6 Å². The summed E-state index contributed by atoms with van der Waals surface area (Å²) in [5, 5.41) is 9.69. The zero-order valence-electron chi connectivity index (χ0n) is 26.6. The maximum Gasteiger partial charge on any atom is 0.303 e. The van der Waals surface area contributed by atoms with Gasteiger partial charge in [0.15, 0.2) is 11.5 Å². The first-order valence-corrected chi connectivity index (χ1v) is 15.7. The summed E-state index contributed by atoms with van der Waals surface area (Å²) >= 11 is 6.57. The Bertz CT molecular complexity index is 1420. The SMILES string of the molecule is COc1cccc([C@H]2C[C@H](CC(=O)N3CCC(CC(=O)O)CC3)C(=O)N(CC(C)(C)COC(C)=O)c3ccc(Cl)cc32)c1OC. The molecular formula is C34H43ClN2O8. The lowest BCUT2D eigenvalue weighted by molar-refractivity contribution is -0.144. The van der Waals surface area contributed by atoms with Crippen molar-refractivity contribution in [2.75, 3.05) is 45.4 Å². The minimum atomic E-state index is -0.834. The van der Waals surface area contributed by atoms with Crippen molar-refractivity contribution in [1.29, 1.82) is 0 Å². The molecule has 1 N–H and O–H groups in total. The second-order valence-corrected chi connectivity index (χ2v) is 13.2. The number of amides is 2. The van der Waals surface area contributed by atoms with Gasteiger partial charge in [0.25, 0.3) is 0 Å². The number of carboxylic acid groups (broad SMARTS) is 1. The largest absolute Gasteiger partial charge is 0.493 e. The lowest BCUT2D eigenvalue weighted by atomic mass is 9.82. The molecule has 0 radical (unpaired) electrons. The zero-order chi connectivity index (χ0) is 32.9. The van der Waals surface area contributed by atoms with Crippen LogP contribution in [-0.4, -0.2) is 74.2 Å². The van der Waals surface area contributed by atoms with Crippen molar-refractivity contribution in [3.63, 3.8) is 0 Å². The zero-order valence-corrected chi connectivity index (χ0v) is 27.4. The van der Waals surface area contributed by atoms with Crippen LogP contribution in [-0.2, 0) is 23.9 Å². The van der Waals surface area contributed by atoms with Crippen LogP contribution in [0.25, 0.3) is 0 Å². The molecule has 2 aromatic carbocycles. The molecule has 2 aromatic rings. The van der Waals surface area contributed by atoms with E-state index >= 15 is 0 Å². The number of hydrogen-bond acceptors (Lipinski definition) is 7. The Labute approximate surface area is 269 Å². The van der Waals surface area contributed by atoms with Gasteiger partial charge in [0.05, 0.1) is 20.8 Å². The van der Waals surface area contributed by atoms with E-state index in [1.807, 2.05) is 44.2 Å². The van der Waals surface area contributed by atoms with E-state index in [1.54, 1.807) is 30.1 Å². The van der Waals surface area contributed by atoms with E-state index in [2.05, 4.69) is 0 Å². The van der Waals surface area contributed by atoms with E-state index < -0.39 is 23.3 Å². The molecule has 0 unspecified atom stereocenters. The van der Waals surface area contributed by atoms with Crippen molar-refractivity contribution in [2.24, 2.45) is 17.3 Å². The van der Waals surface area contributed by atoms with Crippen molar-refractivity contribution in [2.45, 2.75) is 58.8 Å². The number of benzene rings is 2. The number of carbonyl (C=O) groups is 4. The lowest BCUT2D eigenvalue weighted by Crippen LogP contribution is -2.45. The molecular weight excluding hydrogens is 600 g/mol. The molecule has 1 fully saturated rings. The third kappa shape index (κ3) is 8.28. The van der Waals surface area contributed by atoms with Crippen LogP contribution in [0.1, 0.15) is 69.9 Å². The van der Waals surface area contributed by atoms with Crippen molar-refractivity contribution >= 4 is 41.0 Å². The number of ether oxygens (including phenoxy) is 3. The van der Waals surface area contributed by atoms with Crippen molar-refractivity contribution < 1.29 is 38.5 Å². The second kappa shape index (κ2) is 14.5. The molecule has 0 aromatic heterocycles. The van der Waals surface area contributed by atoms with Crippen LogP contribution < -0.4 is 14.4 Å². The highest BCUT2D eigenvalue weighted by Gasteiger charge is 2.41. The van der Waals surface area contributed by atoms with Gasteiger partial charge < -0.3 is 29.1 Å². The van der Waals surface area contributed by atoms with Crippen LogP contribution in [0.4, 0.5) is 5.69 Å². The van der Waals surface area contributed by atoms with Gasteiger partial charge in [0.1, 0.15) is 0 Å². The average molecular weight is 643 g/mol. The number of esters is 1. The highest BCUT2D eigenvalue weighted by Crippen LogP contribution is 2.48. The standard InChI is InChI=1S/C34H43ClN2O8/c1-21(38)45-20-34(2,3)19-37-28-10-9-24(35)18-27(28)26(25-7-6-8-29(43-4)32(25)44-5)16-23(33(37)42)17-30(39)36-13-11-22(12-14-36)15-31(40)41/h6-10,18,22-23,26H,11-17,19-20H2,1-5H3,(H,40,41)/t23-,26-/m1/s1. The maximum atomic E-state index is 14.5. The number of nitrogens with zero attached hydrogens (tertiary/aromatic N) is 2. The lowest BCUT2D eigenvalue weighted by Gasteiger charge is -2.35. The molecule has 4 rings (SSSR count). The molecule has 1 saturated heterocycles. The van der Waals surface area contributed by atoms with Crippen LogP contribution >= 0.6 is 11.6 Å². The molecule has 2 amide bonds. The molecule has 2 aliphatic rings. The number of hydrogen-bond donors (Lipinski definition) is 1. The van der Waals surface area contributed by atoms with Crippen LogP contribution in [0, 0.1) is 17.3 Å². The van der Waals surface area contributed by atoms with Gasteiger partial charge in [0, 0.05) is 72.9 Å². The van der Waals surface area contributed by atoms with Gasteiger partial charge in [0.2, 0.25) is 11.8 Å². The smallest absolute Gasteiger partial charge is 0.303 e. The summed E-state index contributed by atoms with van der Waals surface area (Å²) in [4.78, 5) is 54.6. The highest BCUT2D eigenvalue weighted by atomic mass is 35.5. The summed E-state index contributed by atoms with van der Waals surface area (Å²) in [6, 6.07) is 11.0. The Hall–Kier alpha value is -3.79. The Morgan fingerprint density at radius 2 is 1.73 bits per heavy atom. The van der Waals surface area contributed by atoms with Gasteiger partial charge in [-0.1, -0.05) is 37.6 Å². The number of halogens is 1. The molecule has 0 spiro atoms. The van der Waals surface area contributed by atoms with Crippen molar-refractivity contribution in [3.05, 3.63) is 52.5 Å². The van der Waals surface area contributed by atoms with Crippen molar-refractivity contribution in [3.8, 4) is 11.5 Å². The molecule has 0 bridgehead atoms. The third-order valence-electron chi connectivity index (χ3n) is 8.70. The fourth-order valence-corrected chi connectivity index (χ4v) is 6.64. The number of likely N-dealkylation sites (tertiary alicyclic amines) is 1. The van der Waals surface area contributed by atoms with E-state index in [0.717, 1.165) is 11.1 Å². The summed E-state index contributed by atoms with van der Waals surface area (Å²) in [5.41, 5.74) is 1.68. The Morgan fingerprint density at radius 1 is 1.02 bits per heavy atom. The first-order valence-electron chi connectivity index (χ1n) is 15.3. The van der Waals surface area contributed by atoms with Crippen molar-refractivity contribution in [1.82, 2.24) is 4.90 Å². The summed E-state index contributed by atoms with van der Waals surface area (Å²) < 4.78 is 16.8. The predicted octanol–water partition coefficient (Wildman–Crippen LogP) is 5.53. The first-order chi connectivity index (χ1) is 21.3. The molecule has 10 nitrogen and oxygen atoms in total. The fourth-order valence-electron chi connectivity index (χ4n) is 6.46. The number of aliphatic carboxylic acids is 1. The number of piperidine rings is 1. The van der Waals surface area contributed by atoms with Gasteiger partial charge in [-0.15, -0.1) is 0 Å². The molecule has 11 heteroatoms. The van der Waals surface area contributed by atoms with Gasteiger partial charge in [-0.05, 0) is 55.0 Å². The monoisotopic (exact) mass is 642 g/mol. The van der Waals surface area contributed by atoms with Gasteiger partial charge in [-0.25, -0.2) is 0 Å². The maximum absolute atomic E-state index is 14.5. The molecule has 2 atom stereocenters. The number of fused-ring (bicyclic) bond motifs is 1. The Kier molecular flexibility index (Phi) is 11.0. The van der Waals surface area contributed by atoms with E-state index in [9.17, 15) is 24.3 Å². The van der Waals surface area contributed by atoms with Gasteiger partial charge in [-0.2, -0.15) is 0 Å². The summed E-state index contributed by atoms with van der Waals surface area (Å²) in [6.07, 6.45) is 1.62. The minimum Gasteiger partial charge on any atom is -0.493 e. The summed E-state index contributed by atoms with van der Waals surface area (Å²) in [6.45, 7) is 6.46. The van der Waals surface area contributed by atoms with Gasteiger partial charge >= 0.3 is 11.9 Å². The van der Waals surface area contributed by atoms with E-state index in [0.29, 0.717) is 54.6 Å².